The van der Waals surface area contributed by atoms with Crippen LogP contribution in [0, 0.1) is 0 Å². The van der Waals surface area contributed by atoms with Crippen LogP contribution in [0.15, 0.2) is 29.2 Å². The summed E-state index contributed by atoms with van der Waals surface area (Å²) in [5, 5.41) is 2.83. The SMILES string of the molecule is CCC1(C)NC(=O)CN(CC2CSc3ccccc32)C1=O. The third-order valence-corrected chi connectivity index (χ3v) is 5.71. The zero-order valence-electron chi connectivity index (χ0n) is 12.4. The van der Waals surface area contributed by atoms with E-state index in [9.17, 15) is 9.59 Å². The molecule has 2 unspecified atom stereocenters. The number of carbonyl (C=O) groups is 2. The van der Waals surface area contributed by atoms with Crippen molar-refractivity contribution in [1.29, 1.82) is 0 Å². The summed E-state index contributed by atoms with van der Waals surface area (Å²) in [7, 11) is 0. The molecule has 3 rings (SSSR count). The molecule has 5 heteroatoms. The monoisotopic (exact) mass is 304 g/mol. The molecule has 21 heavy (non-hydrogen) atoms. The first-order chi connectivity index (χ1) is 10.0. The van der Waals surface area contributed by atoms with Gasteiger partial charge in [-0.25, -0.2) is 0 Å². The van der Waals surface area contributed by atoms with Gasteiger partial charge < -0.3 is 10.2 Å². The lowest BCUT2D eigenvalue weighted by atomic mass is 9.92. The first-order valence-electron chi connectivity index (χ1n) is 7.35. The van der Waals surface area contributed by atoms with Crippen molar-refractivity contribution in [1.82, 2.24) is 10.2 Å². The lowest BCUT2D eigenvalue weighted by Gasteiger charge is -2.40. The summed E-state index contributed by atoms with van der Waals surface area (Å²) in [4.78, 5) is 27.6. The molecule has 4 nitrogen and oxygen atoms in total. The third-order valence-electron chi connectivity index (χ3n) is 4.46. The van der Waals surface area contributed by atoms with E-state index in [-0.39, 0.29) is 18.4 Å². The average molecular weight is 304 g/mol. The Balaban J connectivity index is 1.79. The van der Waals surface area contributed by atoms with Gasteiger partial charge in [0.2, 0.25) is 11.8 Å². The summed E-state index contributed by atoms with van der Waals surface area (Å²) in [5.74, 6) is 1.28. The van der Waals surface area contributed by atoms with E-state index in [1.807, 2.05) is 37.7 Å². The highest BCUT2D eigenvalue weighted by molar-refractivity contribution is 7.99. The number of hydrogen-bond acceptors (Lipinski definition) is 3. The molecule has 0 spiro atoms. The highest BCUT2D eigenvalue weighted by Crippen LogP contribution is 2.40. The zero-order valence-corrected chi connectivity index (χ0v) is 13.2. The Morgan fingerprint density at radius 1 is 1.38 bits per heavy atom. The molecule has 0 radical (unpaired) electrons. The van der Waals surface area contributed by atoms with Crippen molar-refractivity contribution >= 4 is 23.6 Å². The summed E-state index contributed by atoms with van der Waals surface area (Å²) in [6.07, 6.45) is 0.615. The van der Waals surface area contributed by atoms with Gasteiger partial charge in [-0.3, -0.25) is 9.59 Å². The predicted octanol–water partition coefficient (Wildman–Crippen LogP) is 2.00. The van der Waals surface area contributed by atoms with E-state index in [1.54, 1.807) is 4.90 Å². The van der Waals surface area contributed by atoms with E-state index in [0.29, 0.717) is 18.9 Å². The van der Waals surface area contributed by atoms with Gasteiger partial charge in [0.05, 0.1) is 6.54 Å². The number of nitrogens with zero attached hydrogens (tertiary/aromatic N) is 1. The van der Waals surface area contributed by atoms with E-state index < -0.39 is 5.54 Å². The van der Waals surface area contributed by atoms with Crippen molar-refractivity contribution in [3.63, 3.8) is 0 Å². The normalized spacial score (nSPS) is 28.5. The molecule has 0 aliphatic carbocycles. The number of rotatable bonds is 3. The molecule has 1 aromatic carbocycles. The van der Waals surface area contributed by atoms with Crippen molar-refractivity contribution in [2.45, 2.75) is 36.6 Å². The van der Waals surface area contributed by atoms with Gasteiger partial charge in [0.25, 0.3) is 0 Å². The van der Waals surface area contributed by atoms with Crippen molar-refractivity contribution in [3.05, 3.63) is 29.8 Å². The molecule has 2 amide bonds. The minimum atomic E-state index is -0.749. The minimum absolute atomic E-state index is 0.0407. The second-order valence-electron chi connectivity index (χ2n) is 5.97. The summed E-state index contributed by atoms with van der Waals surface area (Å²) < 4.78 is 0. The molecular weight excluding hydrogens is 284 g/mol. The van der Waals surface area contributed by atoms with Crippen LogP contribution in [-0.2, 0) is 9.59 Å². The first kappa shape index (κ1) is 14.4. The second-order valence-corrected chi connectivity index (χ2v) is 7.03. The summed E-state index contributed by atoms with van der Waals surface area (Å²) in [6, 6.07) is 8.34. The average Bonchev–Trinajstić information content (AvgIpc) is 2.88. The molecule has 2 aliphatic heterocycles. The Morgan fingerprint density at radius 3 is 2.90 bits per heavy atom. The minimum Gasteiger partial charge on any atom is -0.340 e. The van der Waals surface area contributed by atoms with Crippen LogP contribution >= 0.6 is 11.8 Å². The maximum absolute atomic E-state index is 12.6. The van der Waals surface area contributed by atoms with E-state index >= 15 is 0 Å². The van der Waals surface area contributed by atoms with Gasteiger partial charge in [0.15, 0.2) is 0 Å². The van der Waals surface area contributed by atoms with E-state index in [1.165, 1.54) is 10.5 Å². The van der Waals surface area contributed by atoms with Crippen molar-refractivity contribution in [2.75, 3.05) is 18.8 Å². The molecule has 1 saturated heterocycles. The number of piperazine rings is 1. The van der Waals surface area contributed by atoms with Crippen LogP contribution in [0.3, 0.4) is 0 Å². The molecule has 2 heterocycles. The van der Waals surface area contributed by atoms with Crippen LogP contribution in [0.2, 0.25) is 0 Å². The van der Waals surface area contributed by atoms with Crippen molar-refractivity contribution < 1.29 is 9.59 Å². The van der Waals surface area contributed by atoms with Gasteiger partial charge in [-0.1, -0.05) is 25.1 Å². The van der Waals surface area contributed by atoms with Crippen molar-refractivity contribution in [3.8, 4) is 0 Å². The fourth-order valence-corrected chi connectivity index (χ4v) is 4.27. The molecule has 112 valence electrons. The molecule has 2 atom stereocenters. The van der Waals surface area contributed by atoms with Gasteiger partial charge in [0, 0.05) is 23.1 Å². The lowest BCUT2D eigenvalue weighted by molar-refractivity contribution is -0.149. The molecule has 1 aromatic rings. The quantitative estimate of drug-likeness (QED) is 0.929. The number of fused-ring (bicyclic) bond motifs is 1. The topological polar surface area (TPSA) is 49.4 Å². The largest absolute Gasteiger partial charge is 0.340 e. The molecule has 1 fully saturated rings. The molecule has 0 saturated carbocycles. The summed E-state index contributed by atoms with van der Waals surface area (Å²) >= 11 is 1.83. The van der Waals surface area contributed by atoms with Crippen LogP contribution in [0.1, 0.15) is 31.7 Å². The molecule has 1 N–H and O–H groups in total. The van der Waals surface area contributed by atoms with Crippen LogP contribution in [0.5, 0.6) is 0 Å². The molecular formula is C16H20N2O2S. The number of hydrogen-bond donors (Lipinski definition) is 1. The fraction of sp³-hybridized carbons (Fsp3) is 0.500. The van der Waals surface area contributed by atoms with E-state index in [2.05, 4.69) is 17.4 Å². The molecule has 0 bridgehead atoms. The number of carbonyl (C=O) groups excluding carboxylic acids is 2. The van der Waals surface area contributed by atoms with Gasteiger partial charge in [0.1, 0.15) is 5.54 Å². The van der Waals surface area contributed by atoms with Crippen LogP contribution in [0.25, 0.3) is 0 Å². The lowest BCUT2D eigenvalue weighted by Crippen LogP contribution is -2.65. The zero-order chi connectivity index (χ0) is 15.0. The number of benzene rings is 1. The smallest absolute Gasteiger partial charge is 0.248 e. The summed E-state index contributed by atoms with van der Waals surface area (Å²) in [6.45, 7) is 4.56. The standard InChI is InChI=1S/C16H20N2O2S/c1-3-16(2)15(20)18(9-14(19)17-16)8-11-10-21-13-7-5-4-6-12(11)13/h4-7,11H,3,8-10H2,1-2H3,(H,17,19). The van der Waals surface area contributed by atoms with E-state index in [4.69, 9.17) is 0 Å². The van der Waals surface area contributed by atoms with E-state index in [0.717, 1.165) is 5.75 Å². The Bertz CT molecular complexity index is 589. The third kappa shape index (κ3) is 2.55. The molecule has 0 aromatic heterocycles. The Labute approximate surface area is 129 Å². The summed E-state index contributed by atoms with van der Waals surface area (Å²) in [5.41, 5.74) is 0.556. The molecule has 2 aliphatic rings. The second kappa shape index (κ2) is 5.37. The van der Waals surface area contributed by atoms with Crippen LogP contribution < -0.4 is 5.32 Å². The van der Waals surface area contributed by atoms with Gasteiger partial charge >= 0.3 is 0 Å². The van der Waals surface area contributed by atoms with Crippen LogP contribution in [0.4, 0.5) is 0 Å². The Morgan fingerprint density at radius 2 is 2.14 bits per heavy atom. The highest BCUT2D eigenvalue weighted by atomic mass is 32.2. The van der Waals surface area contributed by atoms with Gasteiger partial charge in [-0.05, 0) is 25.0 Å². The van der Waals surface area contributed by atoms with Gasteiger partial charge in [-0.15, -0.1) is 11.8 Å². The first-order valence-corrected chi connectivity index (χ1v) is 8.34. The van der Waals surface area contributed by atoms with Gasteiger partial charge in [-0.2, -0.15) is 0 Å². The van der Waals surface area contributed by atoms with Crippen LogP contribution in [-0.4, -0.2) is 41.1 Å². The number of nitrogens with one attached hydrogen (secondary N) is 1. The fourth-order valence-electron chi connectivity index (χ4n) is 3.03. The highest BCUT2D eigenvalue weighted by Gasteiger charge is 2.42. The Kier molecular flexibility index (Phi) is 3.69. The number of thioether (sulfide) groups is 1. The maximum atomic E-state index is 12.6. The Hall–Kier alpha value is -1.49. The number of amides is 2. The van der Waals surface area contributed by atoms with Crippen molar-refractivity contribution in [2.24, 2.45) is 0 Å². The predicted molar refractivity (Wildman–Crippen MR) is 83.3 cm³/mol. The maximum Gasteiger partial charge on any atom is 0.248 e.